The summed E-state index contributed by atoms with van der Waals surface area (Å²) in [5.41, 5.74) is 4.05. The first-order valence-electron chi connectivity index (χ1n) is 10.4. The van der Waals surface area contributed by atoms with E-state index >= 15 is 0 Å². The Hall–Kier alpha value is -3.37. The summed E-state index contributed by atoms with van der Waals surface area (Å²) in [5, 5.41) is 0.653. The van der Waals surface area contributed by atoms with Crippen molar-refractivity contribution in [2.24, 2.45) is 10.9 Å². The number of rotatable bonds is 6. The van der Waals surface area contributed by atoms with Gasteiger partial charge in [-0.2, -0.15) is 0 Å². The Balaban J connectivity index is 1.78. The molecule has 2 atom stereocenters. The number of benzene rings is 2. The molecule has 5 heteroatoms. The van der Waals surface area contributed by atoms with Crippen LogP contribution in [-0.4, -0.2) is 31.8 Å². The fourth-order valence-corrected chi connectivity index (χ4v) is 4.34. The van der Waals surface area contributed by atoms with Crippen LogP contribution in [0.25, 0.3) is 11.6 Å². The number of ketones is 1. The van der Waals surface area contributed by atoms with E-state index in [1.54, 1.807) is 32.4 Å². The Kier molecular flexibility index (Phi) is 6.42. The van der Waals surface area contributed by atoms with Gasteiger partial charge in [-0.1, -0.05) is 54.1 Å². The quantitative estimate of drug-likeness (QED) is 0.521. The molecule has 0 unspecified atom stereocenters. The number of dihydropyridines is 1. The molecule has 0 saturated carbocycles. The summed E-state index contributed by atoms with van der Waals surface area (Å²) in [5.74, 6) is 1.11. The Labute approximate surface area is 193 Å². The summed E-state index contributed by atoms with van der Waals surface area (Å²) in [4.78, 5) is 18.3. The van der Waals surface area contributed by atoms with Gasteiger partial charge in [-0.3, -0.25) is 9.79 Å². The number of carbonyl (C=O) groups is 1. The number of hydrogen-bond donors (Lipinski definition) is 0. The summed E-state index contributed by atoms with van der Waals surface area (Å²) in [6.45, 7) is 1.89. The zero-order valence-electron chi connectivity index (χ0n) is 18.2. The molecule has 0 bridgehead atoms. The fraction of sp³-hybridized carbons (Fsp3) is 0.185. The Morgan fingerprint density at radius 1 is 1.09 bits per heavy atom. The first kappa shape index (κ1) is 21.8. The largest absolute Gasteiger partial charge is 0.497 e. The minimum atomic E-state index is -0.111. The van der Waals surface area contributed by atoms with Crippen LogP contribution in [0.1, 0.15) is 18.1 Å². The molecule has 4 nitrogen and oxygen atoms in total. The number of aliphatic imine (C=N–C) groups is 1. The van der Waals surface area contributed by atoms with Crippen molar-refractivity contribution in [1.82, 2.24) is 0 Å². The predicted octanol–water partition coefficient (Wildman–Crippen LogP) is 5.89. The lowest BCUT2D eigenvalue weighted by Gasteiger charge is -2.31. The highest BCUT2D eigenvalue weighted by atomic mass is 35.5. The van der Waals surface area contributed by atoms with Crippen LogP contribution in [0.5, 0.6) is 11.5 Å². The molecular weight excluding hydrogens is 422 g/mol. The molecule has 0 N–H and O–H groups in total. The van der Waals surface area contributed by atoms with Crippen molar-refractivity contribution in [1.29, 1.82) is 0 Å². The molecule has 4 rings (SSSR count). The Bertz CT molecular complexity index is 1190. The van der Waals surface area contributed by atoms with E-state index in [2.05, 4.69) is 0 Å². The van der Waals surface area contributed by atoms with Crippen LogP contribution in [0, 0.1) is 5.92 Å². The predicted molar refractivity (Wildman–Crippen MR) is 130 cm³/mol. The van der Waals surface area contributed by atoms with E-state index < -0.39 is 0 Å². The second-order valence-electron chi connectivity index (χ2n) is 7.60. The third kappa shape index (κ3) is 4.32. The maximum absolute atomic E-state index is 13.5. The van der Waals surface area contributed by atoms with Gasteiger partial charge in [-0.15, -0.1) is 0 Å². The van der Waals surface area contributed by atoms with Crippen molar-refractivity contribution in [2.75, 3.05) is 14.2 Å². The summed E-state index contributed by atoms with van der Waals surface area (Å²) in [6.07, 6.45) is 9.18. The lowest BCUT2D eigenvalue weighted by molar-refractivity contribution is -0.110. The minimum Gasteiger partial charge on any atom is -0.497 e. The zero-order chi connectivity index (χ0) is 22.7. The number of fused-ring (bicyclic) bond motifs is 1. The topological polar surface area (TPSA) is 47.9 Å². The lowest BCUT2D eigenvalue weighted by atomic mass is 9.77. The van der Waals surface area contributed by atoms with Gasteiger partial charge in [0.1, 0.15) is 11.5 Å². The van der Waals surface area contributed by atoms with Gasteiger partial charge in [0.15, 0.2) is 5.78 Å². The van der Waals surface area contributed by atoms with E-state index in [0.29, 0.717) is 22.1 Å². The van der Waals surface area contributed by atoms with E-state index in [0.717, 1.165) is 22.4 Å². The monoisotopic (exact) mass is 445 g/mol. The van der Waals surface area contributed by atoms with E-state index in [-0.39, 0.29) is 17.7 Å². The number of methoxy groups -OCH3 is 2. The maximum atomic E-state index is 13.5. The van der Waals surface area contributed by atoms with Crippen molar-refractivity contribution < 1.29 is 14.3 Å². The van der Waals surface area contributed by atoms with Crippen LogP contribution in [0.3, 0.4) is 0 Å². The molecule has 2 aromatic carbocycles. The SMILES string of the molecule is COc1ccc(/C=C/C(=O)C2=C(c3ccccc3)[C@H]3C=C(Cl)C=C[C@@H]3N=C2C)c(OC)c1. The van der Waals surface area contributed by atoms with Gasteiger partial charge in [0.25, 0.3) is 0 Å². The number of halogens is 1. The number of carbonyl (C=O) groups excluding carboxylic acids is 1. The van der Waals surface area contributed by atoms with Crippen LogP contribution in [-0.2, 0) is 4.79 Å². The first-order chi connectivity index (χ1) is 15.5. The highest BCUT2D eigenvalue weighted by Crippen LogP contribution is 2.40. The smallest absolute Gasteiger partial charge is 0.187 e. The lowest BCUT2D eigenvalue weighted by Crippen LogP contribution is -2.29. The van der Waals surface area contributed by atoms with Gasteiger partial charge < -0.3 is 9.47 Å². The third-order valence-corrected chi connectivity index (χ3v) is 5.90. The van der Waals surface area contributed by atoms with Crippen molar-refractivity contribution in [3.8, 4) is 11.5 Å². The van der Waals surface area contributed by atoms with Crippen LogP contribution in [0.2, 0.25) is 0 Å². The van der Waals surface area contributed by atoms with Crippen molar-refractivity contribution in [3.05, 3.63) is 94.6 Å². The Morgan fingerprint density at radius 3 is 2.59 bits per heavy atom. The number of allylic oxidation sites excluding steroid dienone is 4. The van der Waals surface area contributed by atoms with Gasteiger partial charge in [0.2, 0.25) is 0 Å². The third-order valence-electron chi connectivity index (χ3n) is 5.65. The fourth-order valence-electron chi connectivity index (χ4n) is 4.13. The summed E-state index contributed by atoms with van der Waals surface area (Å²) >= 11 is 6.33. The van der Waals surface area contributed by atoms with Crippen molar-refractivity contribution in [3.63, 3.8) is 0 Å². The number of nitrogens with zero attached hydrogens (tertiary/aromatic N) is 1. The zero-order valence-corrected chi connectivity index (χ0v) is 19.0. The van der Waals surface area contributed by atoms with E-state index in [4.69, 9.17) is 26.1 Å². The second-order valence-corrected chi connectivity index (χ2v) is 8.04. The summed E-state index contributed by atoms with van der Waals surface area (Å²) in [6, 6.07) is 15.4. The Morgan fingerprint density at radius 2 is 1.88 bits per heavy atom. The minimum absolute atomic E-state index is 0.0742. The standard InChI is InChI=1S/C27H24ClNO3/c1-17-26(24(30)14-10-18-9-12-21(31-2)16-25(18)32-3)27(19-7-5-4-6-8-19)22-15-20(28)11-13-23(22)29-17/h4-16,22-23H,1-3H3/b14-10+/t22-,23-/m0/s1. The molecule has 1 heterocycles. The molecule has 0 saturated heterocycles. The van der Waals surface area contributed by atoms with Gasteiger partial charge in [0.05, 0.1) is 20.3 Å². The van der Waals surface area contributed by atoms with Crippen LogP contribution in [0.4, 0.5) is 0 Å². The summed E-state index contributed by atoms with van der Waals surface area (Å²) < 4.78 is 10.7. The van der Waals surface area contributed by atoms with Crippen LogP contribution >= 0.6 is 11.6 Å². The average molecular weight is 446 g/mol. The first-order valence-corrected chi connectivity index (χ1v) is 10.7. The second kappa shape index (κ2) is 9.41. The van der Waals surface area contributed by atoms with E-state index in [9.17, 15) is 4.79 Å². The molecule has 0 amide bonds. The molecule has 2 aliphatic rings. The van der Waals surface area contributed by atoms with Gasteiger partial charge >= 0.3 is 0 Å². The van der Waals surface area contributed by atoms with E-state index in [1.807, 2.05) is 67.6 Å². The normalized spacial score (nSPS) is 20.0. The molecule has 1 aliphatic heterocycles. The van der Waals surface area contributed by atoms with Gasteiger partial charge in [-0.25, -0.2) is 0 Å². The van der Waals surface area contributed by atoms with Gasteiger partial charge in [0, 0.05) is 33.9 Å². The van der Waals surface area contributed by atoms with Crippen LogP contribution in [0.15, 0.2) is 88.4 Å². The maximum Gasteiger partial charge on any atom is 0.187 e. The summed E-state index contributed by atoms with van der Waals surface area (Å²) in [7, 11) is 3.19. The average Bonchev–Trinajstić information content (AvgIpc) is 2.82. The molecular formula is C27H24ClNO3. The molecule has 2 aromatic rings. The number of ether oxygens (including phenoxy) is 2. The molecule has 32 heavy (non-hydrogen) atoms. The number of hydrogen-bond acceptors (Lipinski definition) is 4. The molecule has 0 radical (unpaired) electrons. The molecule has 0 fully saturated rings. The highest BCUT2D eigenvalue weighted by molar-refractivity contribution is 6.33. The highest BCUT2D eigenvalue weighted by Gasteiger charge is 2.33. The van der Waals surface area contributed by atoms with Gasteiger partial charge in [-0.05, 0) is 48.4 Å². The van der Waals surface area contributed by atoms with Crippen molar-refractivity contribution in [2.45, 2.75) is 13.0 Å². The molecule has 0 spiro atoms. The molecule has 162 valence electrons. The van der Waals surface area contributed by atoms with Crippen molar-refractivity contribution >= 4 is 34.7 Å². The van der Waals surface area contributed by atoms with Crippen LogP contribution < -0.4 is 9.47 Å². The molecule has 1 aliphatic carbocycles. The molecule has 0 aromatic heterocycles. The van der Waals surface area contributed by atoms with E-state index in [1.165, 1.54) is 0 Å².